The lowest BCUT2D eigenvalue weighted by molar-refractivity contribution is -0.137. The molecule has 2 N–H and O–H groups in total. The highest BCUT2D eigenvalue weighted by molar-refractivity contribution is 5.95. The third-order valence-corrected chi connectivity index (χ3v) is 3.31. The van der Waals surface area contributed by atoms with Crippen molar-refractivity contribution >= 4 is 17.5 Å². The van der Waals surface area contributed by atoms with Crippen LogP contribution in [0, 0.1) is 6.92 Å². The molecule has 0 bridgehead atoms. The van der Waals surface area contributed by atoms with Crippen molar-refractivity contribution in [2.45, 2.75) is 13.0 Å². The van der Waals surface area contributed by atoms with Gasteiger partial charge >= 0.3 is 0 Å². The molecule has 1 atom stereocenters. The van der Waals surface area contributed by atoms with E-state index in [0.717, 1.165) is 11.3 Å². The molecular weight excluding hydrogens is 270 g/mol. The second-order valence-corrected chi connectivity index (χ2v) is 5.19. The van der Waals surface area contributed by atoms with Gasteiger partial charge in [0.1, 0.15) is 6.04 Å². The fourth-order valence-electron chi connectivity index (χ4n) is 2.12. The van der Waals surface area contributed by atoms with E-state index in [9.17, 15) is 9.59 Å². The molecule has 1 heterocycles. The fraction of sp³-hybridized carbons (Fsp3) is 0.467. The average molecular weight is 291 g/mol. The van der Waals surface area contributed by atoms with Gasteiger partial charge in [-0.3, -0.25) is 9.59 Å². The third kappa shape index (κ3) is 4.54. The second-order valence-electron chi connectivity index (χ2n) is 5.19. The zero-order valence-corrected chi connectivity index (χ0v) is 12.4. The quantitative estimate of drug-likeness (QED) is 0.841. The molecule has 21 heavy (non-hydrogen) atoms. The number of ether oxygens (including phenoxy) is 1. The van der Waals surface area contributed by atoms with E-state index in [-0.39, 0.29) is 24.4 Å². The zero-order valence-electron chi connectivity index (χ0n) is 12.4. The molecule has 114 valence electrons. The van der Waals surface area contributed by atoms with Crippen molar-refractivity contribution in [3.8, 4) is 0 Å². The summed E-state index contributed by atoms with van der Waals surface area (Å²) in [6.07, 6.45) is 0. The maximum absolute atomic E-state index is 12.1. The van der Waals surface area contributed by atoms with Gasteiger partial charge in [0.25, 0.3) is 0 Å². The van der Waals surface area contributed by atoms with Crippen molar-refractivity contribution in [3.05, 3.63) is 29.8 Å². The number of morpholine rings is 1. The van der Waals surface area contributed by atoms with Gasteiger partial charge in [-0.25, -0.2) is 0 Å². The van der Waals surface area contributed by atoms with E-state index in [1.165, 1.54) is 4.90 Å². The minimum atomic E-state index is -0.365. The molecule has 2 amide bonds. The number of carbonyl (C=O) groups is 2. The number of anilines is 1. The summed E-state index contributed by atoms with van der Waals surface area (Å²) >= 11 is 0. The van der Waals surface area contributed by atoms with Crippen molar-refractivity contribution in [3.63, 3.8) is 0 Å². The van der Waals surface area contributed by atoms with Crippen LogP contribution in [0.1, 0.15) is 5.56 Å². The van der Waals surface area contributed by atoms with Crippen LogP contribution >= 0.6 is 0 Å². The minimum absolute atomic E-state index is 0.0187. The maximum Gasteiger partial charge on any atom is 0.243 e. The normalized spacial score (nSPS) is 18.1. The standard InChI is InChI=1S/C15H21N3O3/c1-11-3-5-12(6-4-11)17-14(19)9-18(2)15(20)13-10-21-8-7-16-13/h3-6,13,16H,7-10H2,1-2H3,(H,17,19). The largest absolute Gasteiger partial charge is 0.378 e. The molecule has 1 aliphatic heterocycles. The van der Waals surface area contributed by atoms with E-state index in [0.29, 0.717) is 19.8 Å². The molecule has 0 radical (unpaired) electrons. The number of aryl methyl sites for hydroxylation is 1. The highest BCUT2D eigenvalue weighted by Gasteiger charge is 2.25. The molecule has 1 fully saturated rings. The molecule has 0 saturated carbocycles. The highest BCUT2D eigenvalue weighted by Crippen LogP contribution is 2.08. The summed E-state index contributed by atoms with van der Waals surface area (Å²) in [5.74, 6) is -0.347. The summed E-state index contributed by atoms with van der Waals surface area (Å²) in [7, 11) is 1.62. The lowest BCUT2D eigenvalue weighted by atomic mass is 10.2. The SMILES string of the molecule is Cc1ccc(NC(=O)CN(C)C(=O)C2COCCN2)cc1. The Balaban J connectivity index is 1.83. The first-order valence-electron chi connectivity index (χ1n) is 6.99. The minimum Gasteiger partial charge on any atom is -0.378 e. The van der Waals surface area contributed by atoms with Crippen LogP contribution in [0.3, 0.4) is 0 Å². The smallest absolute Gasteiger partial charge is 0.243 e. The number of rotatable bonds is 4. The molecule has 6 heteroatoms. The number of carbonyl (C=O) groups excluding carboxylic acids is 2. The van der Waals surface area contributed by atoms with Crippen LogP contribution < -0.4 is 10.6 Å². The predicted octanol–water partition coefficient (Wildman–Crippen LogP) is 0.380. The van der Waals surface area contributed by atoms with Crippen molar-refractivity contribution < 1.29 is 14.3 Å². The first-order valence-corrected chi connectivity index (χ1v) is 6.99. The van der Waals surface area contributed by atoms with Gasteiger partial charge in [0.2, 0.25) is 11.8 Å². The van der Waals surface area contributed by atoms with Crippen molar-refractivity contribution in [1.82, 2.24) is 10.2 Å². The van der Waals surface area contributed by atoms with Gasteiger partial charge in [0, 0.05) is 19.3 Å². The topological polar surface area (TPSA) is 70.7 Å². The Bertz CT molecular complexity index is 495. The van der Waals surface area contributed by atoms with Gasteiger partial charge in [-0.05, 0) is 19.1 Å². The Labute approximate surface area is 124 Å². The molecule has 1 saturated heterocycles. The van der Waals surface area contributed by atoms with E-state index in [1.807, 2.05) is 31.2 Å². The molecular formula is C15H21N3O3. The molecule has 0 aromatic heterocycles. The first kappa shape index (κ1) is 15.5. The van der Waals surface area contributed by atoms with Gasteiger partial charge in [-0.2, -0.15) is 0 Å². The lowest BCUT2D eigenvalue weighted by Crippen LogP contribution is -2.52. The number of benzene rings is 1. The van der Waals surface area contributed by atoms with E-state index in [1.54, 1.807) is 7.05 Å². The Kier molecular flexibility index (Phi) is 5.30. The average Bonchev–Trinajstić information content (AvgIpc) is 2.49. The molecule has 1 aliphatic rings. The lowest BCUT2D eigenvalue weighted by Gasteiger charge is -2.27. The van der Waals surface area contributed by atoms with Gasteiger partial charge in [-0.1, -0.05) is 17.7 Å². The molecule has 0 spiro atoms. The Morgan fingerprint density at radius 1 is 1.38 bits per heavy atom. The third-order valence-electron chi connectivity index (χ3n) is 3.31. The first-order chi connectivity index (χ1) is 10.1. The number of hydrogen-bond acceptors (Lipinski definition) is 4. The van der Waals surface area contributed by atoms with E-state index >= 15 is 0 Å². The van der Waals surface area contributed by atoms with Crippen LogP contribution in [0.4, 0.5) is 5.69 Å². The Morgan fingerprint density at radius 2 is 2.10 bits per heavy atom. The van der Waals surface area contributed by atoms with Crippen LogP contribution in [0.25, 0.3) is 0 Å². The number of nitrogens with one attached hydrogen (secondary N) is 2. The van der Waals surface area contributed by atoms with Gasteiger partial charge in [0.05, 0.1) is 19.8 Å². The van der Waals surface area contributed by atoms with Crippen molar-refractivity contribution in [2.75, 3.05) is 38.7 Å². The van der Waals surface area contributed by atoms with E-state index in [2.05, 4.69) is 10.6 Å². The summed E-state index contributed by atoms with van der Waals surface area (Å²) in [5.41, 5.74) is 1.86. The van der Waals surface area contributed by atoms with Crippen LogP contribution in [-0.4, -0.2) is 56.1 Å². The summed E-state index contributed by atoms with van der Waals surface area (Å²) in [5, 5.41) is 5.85. The number of hydrogen-bond donors (Lipinski definition) is 2. The second kappa shape index (κ2) is 7.19. The zero-order chi connectivity index (χ0) is 15.2. The summed E-state index contributed by atoms with van der Waals surface area (Å²) in [4.78, 5) is 25.5. The maximum atomic E-state index is 12.1. The monoisotopic (exact) mass is 291 g/mol. The van der Waals surface area contributed by atoms with E-state index < -0.39 is 0 Å². The van der Waals surface area contributed by atoms with Gasteiger partial charge < -0.3 is 20.3 Å². The highest BCUT2D eigenvalue weighted by atomic mass is 16.5. The molecule has 1 aromatic rings. The van der Waals surface area contributed by atoms with Gasteiger partial charge in [0.15, 0.2) is 0 Å². The van der Waals surface area contributed by atoms with Crippen LogP contribution in [-0.2, 0) is 14.3 Å². The molecule has 6 nitrogen and oxygen atoms in total. The molecule has 1 aromatic carbocycles. The van der Waals surface area contributed by atoms with Crippen LogP contribution in [0.5, 0.6) is 0 Å². The molecule has 0 aliphatic carbocycles. The molecule has 2 rings (SSSR count). The van der Waals surface area contributed by atoms with Crippen molar-refractivity contribution in [2.24, 2.45) is 0 Å². The number of amides is 2. The Hall–Kier alpha value is -1.92. The summed E-state index contributed by atoms with van der Waals surface area (Å²) in [6.45, 7) is 3.62. The summed E-state index contributed by atoms with van der Waals surface area (Å²) < 4.78 is 5.25. The predicted molar refractivity (Wildman–Crippen MR) is 80.1 cm³/mol. The number of likely N-dealkylation sites (N-methyl/N-ethyl adjacent to an activating group) is 1. The van der Waals surface area contributed by atoms with Crippen molar-refractivity contribution in [1.29, 1.82) is 0 Å². The van der Waals surface area contributed by atoms with Crippen LogP contribution in [0.15, 0.2) is 24.3 Å². The van der Waals surface area contributed by atoms with Crippen LogP contribution in [0.2, 0.25) is 0 Å². The summed E-state index contributed by atoms with van der Waals surface area (Å²) in [6, 6.07) is 7.16. The van der Waals surface area contributed by atoms with E-state index in [4.69, 9.17) is 4.74 Å². The fourth-order valence-corrected chi connectivity index (χ4v) is 2.12. The van der Waals surface area contributed by atoms with Gasteiger partial charge in [-0.15, -0.1) is 0 Å². The Morgan fingerprint density at radius 3 is 2.71 bits per heavy atom. The molecule has 1 unspecified atom stereocenters. The number of nitrogens with zero attached hydrogens (tertiary/aromatic N) is 1.